The maximum atomic E-state index is 13.6. The van der Waals surface area contributed by atoms with Crippen LogP contribution in [0.2, 0.25) is 0 Å². The molecule has 0 aliphatic carbocycles. The summed E-state index contributed by atoms with van der Waals surface area (Å²) in [6, 6.07) is 8.33. The summed E-state index contributed by atoms with van der Waals surface area (Å²) in [6.45, 7) is 8.88. The van der Waals surface area contributed by atoms with Gasteiger partial charge in [-0.15, -0.1) is 11.3 Å². The van der Waals surface area contributed by atoms with Gasteiger partial charge in [0.25, 0.3) is 0 Å². The number of hydrogen-bond donors (Lipinski definition) is 1. The number of benzene rings is 1. The Morgan fingerprint density at radius 1 is 1.16 bits per heavy atom. The predicted molar refractivity (Wildman–Crippen MR) is 125 cm³/mol. The predicted octanol–water partition coefficient (Wildman–Crippen LogP) is 2.78. The van der Waals surface area contributed by atoms with E-state index >= 15 is 0 Å². The van der Waals surface area contributed by atoms with Crippen LogP contribution in [0.3, 0.4) is 0 Å². The minimum atomic E-state index is -1.10. The molecule has 2 amide bonds. The molecule has 9 heteroatoms. The highest BCUT2D eigenvalue weighted by Crippen LogP contribution is 2.30. The maximum Gasteiger partial charge on any atom is 0.408 e. The molecule has 174 valence electrons. The lowest BCUT2D eigenvalue weighted by Crippen LogP contribution is -2.56. The van der Waals surface area contributed by atoms with Crippen molar-refractivity contribution >= 4 is 23.3 Å². The van der Waals surface area contributed by atoms with E-state index in [0.29, 0.717) is 18.7 Å². The van der Waals surface area contributed by atoms with E-state index in [2.05, 4.69) is 19.8 Å². The second-order valence-electron chi connectivity index (χ2n) is 9.03. The Hall–Kier alpha value is -2.65. The van der Waals surface area contributed by atoms with Crippen LogP contribution in [0.25, 0.3) is 0 Å². The summed E-state index contributed by atoms with van der Waals surface area (Å²) in [5, 5.41) is 12.1. The molecule has 0 unspecified atom stereocenters. The first kappa shape index (κ1) is 24.0. The first-order valence-electron chi connectivity index (χ1n) is 10.8. The summed E-state index contributed by atoms with van der Waals surface area (Å²) >= 11 is 1.62. The normalized spacial score (nSPS) is 16.8. The topological polar surface area (TPSA) is 81.4 Å². The molecule has 0 radical (unpaired) electrons. The van der Waals surface area contributed by atoms with Crippen LogP contribution in [-0.2, 0) is 18.4 Å². The largest absolute Gasteiger partial charge is 0.465 e. The minimum absolute atomic E-state index is 0.165. The molecule has 8 nitrogen and oxygen atoms in total. The minimum Gasteiger partial charge on any atom is -0.465 e. The van der Waals surface area contributed by atoms with Crippen LogP contribution in [0, 0.1) is 0 Å². The summed E-state index contributed by atoms with van der Waals surface area (Å²) in [4.78, 5) is 36.5. The molecule has 1 aliphatic heterocycles. The summed E-state index contributed by atoms with van der Waals surface area (Å²) in [6.07, 6.45) is -1.10. The second kappa shape index (κ2) is 9.87. The molecule has 1 fully saturated rings. The standard InChI is InChI=1S/C23H33N5O3S/c1-23(2,3)28(22(30)31)19(17-9-7-6-8-10-17)20(29)27-13-11-26(12-14-27)15-18-16-32-21(24-4)25(18)5/h6-10,16,19H,11-15H2,1-5H3,(H,30,31)/t19-/m1/s1. The van der Waals surface area contributed by atoms with Crippen molar-refractivity contribution in [1.82, 2.24) is 19.3 Å². The highest BCUT2D eigenvalue weighted by atomic mass is 32.1. The third-order valence-electron chi connectivity index (χ3n) is 5.82. The number of hydrogen-bond acceptors (Lipinski definition) is 5. The molecule has 1 atom stereocenters. The van der Waals surface area contributed by atoms with Crippen molar-refractivity contribution in [2.75, 3.05) is 33.2 Å². The number of piperazine rings is 1. The van der Waals surface area contributed by atoms with Gasteiger partial charge in [-0.2, -0.15) is 0 Å². The van der Waals surface area contributed by atoms with Crippen LogP contribution in [0.4, 0.5) is 4.79 Å². The van der Waals surface area contributed by atoms with E-state index in [1.54, 1.807) is 23.3 Å². The van der Waals surface area contributed by atoms with E-state index in [1.165, 1.54) is 10.6 Å². The molecular formula is C23H33N5O3S. The van der Waals surface area contributed by atoms with Gasteiger partial charge in [-0.05, 0) is 26.3 Å². The van der Waals surface area contributed by atoms with Crippen LogP contribution >= 0.6 is 11.3 Å². The fourth-order valence-electron chi connectivity index (χ4n) is 4.10. The summed E-state index contributed by atoms with van der Waals surface area (Å²) in [7, 11) is 3.81. The number of amides is 2. The zero-order valence-corrected chi connectivity index (χ0v) is 20.3. The van der Waals surface area contributed by atoms with Gasteiger partial charge in [0.05, 0.1) is 0 Å². The number of carbonyl (C=O) groups excluding carboxylic acids is 1. The first-order valence-corrected chi connectivity index (χ1v) is 11.7. The third-order valence-corrected chi connectivity index (χ3v) is 6.87. The molecule has 1 aliphatic rings. The van der Waals surface area contributed by atoms with Gasteiger partial charge in [0.2, 0.25) is 5.91 Å². The van der Waals surface area contributed by atoms with E-state index in [4.69, 9.17) is 0 Å². The molecule has 1 saturated heterocycles. The van der Waals surface area contributed by atoms with Crippen LogP contribution < -0.4 is 4.80 Å². The van der Waals surface area contributed by atoms with Crippen molar-refractivity contribution < 1.29 is 14.7 Å². The number of rotatable bonds is 5. The Morgan fingerprint density at radius 3 is 2.28 bits per heavy atom. The van der Waals surface area contributed by atoms with Crippen LogP contribution in [0.15, 0.2) is 40.7 Å². The summed E-state index contributed by atoms with van der Waals surface area (Å²) in [5.41, 5.74) is 1.17. The third kappa shape index (κ3) is 5.21. The van der Waals surface area contributed by atoms with Crippen molar-refractivity contribution in [2.24, 2.45) is 12.0 Å². The molecule has 0 bridgehead atoms. The molecule has 2 heterocycles. The summed E-state index contributed by atoms with van der Waals surface area (Å²) in [5.74, 6) is -0.165. The first-order chi connectivity index (χ1) is 15.1. The van der Waals surface area contributed by atoms with Crippen LogP contribution in [0.1, 0.15) is 38.1 Å². The highest BCUT2D eigenvalue weighted by molar-refractivity contribution is 7.07. The van der Waals surface area contributed by atoms with Crippen molar-refractivity contribution in [3.63, 3.8) is 0 Å². The van der Waals surface area contributed by atoms with Crippen molar-refractivity contribution in [3.05, 3.63) is 51.8 Å². The molecule has 32 heavy (non-hydrogen) atoms. The molecular weight excluding hydrogens is 426 g/mol. The zero-order valence-electron chi connectivity index (χ0n) is 19.5. The molecule has 1 aromatic carbocycles. The van der Waals surface area contributed by atoms with E-state index in [9.17, 15) is 14.7 Å². The van der Waals surface area contributed by atoms with Gasteiger partial charge >= 0.3 is 6.09 Å². The summed E-state index contributed by atoms with van der Waals surface area (Å²) < 4.78 is 2.10. The van der Waals surface area contributed by atoms with E-state index in [0.717, 1.165) is 24.4 Å². The number of aromatic nitrogens is 1. The number of carboxylic acid groups (broad SMARTS) is 1. The van der Waals surface area contributed by atoms with E-state index < -0.39 is 17.7 Å². The Morgan fingerprint density at radius 2 is 1.78 bits per heavy atom. The smallest absolute Gasteiger partial charge is 0.408 e. The number of nitrogens with zero attached hydrogens (tertiary/aromatic N) is 5. The van der Waals surface area contributed by atoms with E-state index in [-0.39, 0.29) is 5.91 Å². The Kier molecular flexibility index (Phi) is 7.40. The lowest BCUT2D eigenvalue weighted by molar-refractivity contribution is -0.140. The fourth-order valence-corrected chi connectivity index (χ4v) is 4.95. The quantitative estimate of drug-likeness (QED) is 0.746. The molecule has 1 N–H and O–H groups in total. The van der Waals surface area contributed by atoms with Crippen LogP contribution in [0.5, 0.6) is 0 Å². The molecule has 0 spiro atoms. The Bertz CT molecular complexity index is 1000. The SMILES string of the molecule is CN=c1scc(CN2CCN(C(=O)[C@@H](c3ccccc3)N(C(=O)O)C(C)(C)C)CC2)n1C. The average Bonchev–Trinajstić information content (AvgIpc) is 3.10. The van der Waals surface area contributed by atoms with Crippen molar-refractivity contribution in [2.45, 2.75) is 38.9 Å². The monoisotopic (exact) mass is 459 g/mol. The molecule has 0 saturated carbocycles. The van der Waals surface area contributed by atoms with Crippen molar-refractivity contribution in [3.8, 4) is 0 Å². The molecule has 2 aromatic rings. The highest BCUT2D eigenvalue weighted by Gasteiger charge is 2.40. The lowest BCUT2D eigenvalue weighted by atomic mass is 9.97. The Labute approximate surface area is 193 Å². The molecule has 1 aromatic heterocycles. The van der Waals surface area contributed by atoms with Gasteiger partial charge in [0.15, 0.2) is 4.80 Å². The number of thiazole rings is 1. The van der Waals surface area contributed by atoms with E-state index in [1.807, 2.05) is 58.2 Å². The average molecular weight is 460 g/mol. The van der Waals surface area contributed by atoms with Gasteiger partial charge in [-0.3, -0.25) is 19.6 Å². The molecule has 3 rings (SSSR count). The van der Waals surface area contributed by atoms with Gasteiger partial charge in [0.1, 0.15) is 6.04 Å². The van der Waals surface area contributed by atoms with Gasteiger partial charge in [-0.25, -0.2) is 4.79 Å². The zero-order chi connectivity index (χ0) is 23.5. The number of carbonyl (C=O) groups is 2. The Balaban J connectivity index is 1.76. The van der Waals surface area contributed by atoms with Crippen LogP contribution in [-0.4, -0.2) is 75.1 Å². The second-order valence-corrected chi connectivity index (χ2v) is 9.87. The van der Waals surface area contributed by atoms with Crippen molar-refractivity contribution in [1.29, 1.82) is 0 Å². The lowest BCUT2D eigenvalue weighted by Gasteiger charge is -2.42. The maximum absolute atomic E-state index is 13.6. The van der Waals surface area contributed by atoms with Gasteiger partial charge in [-0.1, -0.05) is 30.3 Å². The van der Waals surface area contributed by atoms with Gasteiger partial charge < -0.3 is 14.6 Å². The fraction of sp³-hybridized carbons (Fsp3) is 0.522. The van der Waals surface area contributed by atoms with Gasteiger partial charge in [0, 0.05) is 63.4 Å².